The van der Waals surface area contributed by atoms with Crippen molar-refractivity contribution in [1.82, 2.24) is 10.4 Å². The standard InChI is InChI=1S/C23H21N3O3S2/c1-3-4-13-25-17-12-8-7-11-16(17)18(21(25)28)19-22(29)26(23(30)31-19)24-20(27)15-10-6-5-9-14(15)2/h5-12H,3-4,13H2,1-2H3,(H,24,27)/b19-18-. The van der Waals surface area contributed by atoms with Crippen LogP contribution in [0.15, 0.2) is 53.4 Å². The lowest BCUT2D eigenvalue weighted by Crippen LogP contribution is -2.45. The zero-order chi connectivity index (χ0) is 22.1. The second-order valence-corrected chi connectivity index (χ2v) is 8.94. The van der Waals surface area contributed by atoms with Crippen molar-refractivity contribution in [2.75, 3.05) is 11.4 Å². The van der Waals surface area contributed by atoms with Crippen molar-refractivity contribution >= 4 is 57.3 Å². The zero-order valence-electron chi connectivity index (χ0n) is 17.2. The number of thiocarbonyl (C=S) groups is 1. The first-order chi connectivity index (χ1) is 14.9. The molecule has 6 nitrogen and oxygen atoms in total. The Morgan fingerprint density at radius 2 is 1.77 bits per heavy atom. The van der Waals surface area contributed by atoms with Crippen molar-refractivity contribution in [3.63, 3.8) is 0 Å². The van der Waals surface area contributed by atoms with Crippen LogP contribution in [0.1, 0.15) is 41.3 Å². The van der Waals surface area contributed by atoms with Gasteiger partial charge in [0.1, 0.15) is 0 Å². The Bertz CT molecular complexity index is 1140. The first kappa shape index (κ1) is 21.3. The third-order valence-corrected chi connectivity index (χ3v) is 6.63. The Morgan fingerprint density at radius 1 is 1.06 bits per heavy atom. The third kappa shape index (κ3) is 3.77. The van der Waals surface area contributed by atoms with E-state index < -0.39 is 11.8 Å². The Labute approximate surface area is 190 Å². The van der Waals surface area contributed by atoms with Gasteiger partial charge in [-0.2, -0.15) is 5.01 Å². The second kappa shape index (κ2) is 8.64. The van der Waals surface area contributed by atoms with Crippen LogP contribution >= 0.6 is 24.0 Å². The predicted octanol–water partition coefficient (Wildman–Crippen LogP) is 4.06. The van der Waals surface area contributed by atoms with Crippen molar-refractivity contribution < 1.29 is 14.4 Å². The highest BCUT2D eigenvalue weighted by Gasteiger charge is 2.42. The molecule has 2 aliphatic heterocycles. The monoisotopic (exact) mass is 451 g/mol. The molecule has 3 amide bonds. The Hall–Kier alpha value is -2.97. The van der Waals surface area contributed by atoms with E-state index >= 15 is 0 Å². The molecular formula is C23H21N3O3S2. The summed E-state index contributed by atoms with van der Waals surface area (Å²) in [6.45, 7) is 4.47. The van der Waals surface area contributed by atoms with Gasteiger partial charge in [-0.05, 0) is 43.3 Å². The van der Waals surface area contributed by atoms with Crippen molar-refractivity contribution in [2.45, 2.75) is 26.7 Å². The van der Waals surface area contributed by atoms with Crippen molar-refractivity contribution in [3.05, 3.63) is 70.1 Å². The molecule has 1 saturated heterocycles. The number of nitrogens with zero attached hydrogens (tertiary/aromatic N) is 2. The number of hydrazine groups is 1. The van der Waals surface area contributed by atoms with E-state index in [0.29, 0.717) is 23.2 Å². The molecule has 0 saturated carbocycles. The van der Waals surface area contributed by atoms with Crippen LogP contribution < -0.4 is 10.3 Å². The van der Waals surface area contributed by atoms with Gasteiger partial charge in [0.25, 0.3) is 17.7 Å². The fourth-order valence-electron chi connectivity index (χ4n) is 3.64. The van der Waals surface area contributed by atoms with E-state index in [9.17, 15) is 14.4 Å². The molecule has 1 N–H and O–H groups in total. The van der Waals surface area contributed by atoms with E-state index in [1.807, 2.05) is 43.3 Å². The number of fused-ring (bicyclic) bond motifs is 1. The molecule has 2 heterocycles. The summed E-state index contributed by atoms with van der Waals surface area (Å²) in [4.78, 5) is 41.1. The van der Waals surface area contributed by atoms with E-state index in [2.05, 4.69) is 12.3 Å². The summed E-state index contributed by atoms with van der Waals surface area (Å²) in [5.74, 6) is -1.13. The van der Waals surface area contributed by atoms with E-state index in [4.69, 9.17) is 12.2 Å². The number of carbonyl (C=O) groups is 3. The lowest BCUT2D eigenvalue weighted by molar-refractivity contribution is -0.124. The molecule has 0 radical (unpaired) electrons. The molecule has 0 atom stereocenters. The van der Waals surface area contributed by atoms with Gasteiger partial charge in [0, 0.05) is 17.7 Å². The minimum Gasteiger partial charge on any atom is -0.308 e. The third-order valence-electron chi connectivity index (χ3n) is 5.26. The Kier molecular flexibility index (Phi) is 5.93. The van der Waals surface area contributed by atoms with Crippen LogP contribution in [0, 0.1) is 6.92 Å². The molecule has 0 aromatic heterocycles. The summed E-state index contributed by atoms with van der Waals surface area (Å²) in [5.41, 5.74) is 5.70. The number of aryl methyl sites for hydroxylation is 1. The van der Waals surface area contributed by atoms with Gasteiger partial charge in [0.15, 0.2) is 4.32 Å². The maximum absolute atomic E-state index is 13.3. The highest BCUT2D eigenvalue weighted by Crippen LogP contribution is 2.44. The van der Waals surface area contributed by atoms with Crippen molar-refractivity contribution in [3.8, 4) is 0 Å². The van der Waals surface area contributed by atoms with Gasteiger partial charge < -0.3 is 4.90 Å². The van der Waals surface area contributed by atoms with Crippen LogP contribution in [0.3, 0.4) is 0 Å². The molecule has 1 fully saturated rings. The minimum absolute atomic E-state index is 0.187. The summed E-state index contributed by atoms with van der Waals surface area (Å²) in [5, 5.41) is 1.06. The molecule has 158 valence electrons. The fraction of sp³-hybridized carbons (Fsp3) is 0.217. The molecular weight excluding hydrogens is 430 g/mol. The van der Waals surface area contributed by atoms with E-state index in [1.54, 1.807) is 17.0 Å². The lowest BCUT2D eigenvalue weighted by atomic mass is 10.1. The van der Waals surface area contributed by atoms with Gasteiger partial charge in [-0.15, -0.1) is 0 Å². The van der Waals surface area contributed by atoms with Gasteiger partial charge in [-0.1, -0.05) is 61.5 Å². The number of thioether (sulfide) groups is 1. The Morgan fingerprint density at radius 3 is 2.52 bits per heavy atom. The summed E-state index contributed by atoms with van der Waals surface area (Å²) in [6.07, 6.45) is 1.81. The number of hydrogen-bond donors (Lipinski definition) is 1. The number of rotatable bonds is 5. The molecule has 8 heteroatoms. The minimum atomic E-state index is -0.493. The van der Waals surface area contributed by atoms with Gasteiger partial charge >= 0.3 is 0 Å². The molecule has 2 aromatic rings. The van der Waals surface area contributed by atoms with Crippen LogP contribution in [-0.2, 0) is 9.59 Å². The first-order valence-corrected chi connectivity index (χ1v) is 11.2. The number of para-hydroxylation sites is 1. The van der Waals surface area contributed by atoms with Crippen LogP contribution in [0.5, 0.6) is 0 Å². The molecule has 0 unspecified atom stereocenters. The van der Waals surface area contributed by atoms with Crippen LogP contribution in [-0.4, -0.2) is 33.6 Å². The van der Waals surface area contributed by atoms with Crippen molar-refractivity contribution in [1.29, 1.82) is 0 Å². The summed E-state index contributed by atoms with van der Waals surface area (Å²) >= 11 is 6.40. The van der Waals surface area contributed by atoms with Crippen LogP contribution in [0.4, 0.5) is 5.69 Å². The van der Waals surface area contributed by atoms with E-state index in [1.165, 1.54) is 0 Å². The summed E-state index contributed by atoms with van der Waals surface area (Å²) < 4.78 is 0.187. The number of carbonyl (C=O) groups excluding carboxylic acids is 3. The average molecular weight is 452 g/mol. The van der Waals surface area contributed by atoms with Gasteiger partial charge in [-0.3, -0.25) is 19.8 Å². The number of unbranched alkanes of at least 4 members (excludes halogenated alkanes) is 1. The highest BCUT2D eigenvalue weighted by molar-refractivity contribution is 8.26. The smallest absolute Gasteiger partial charge is 0.286 e. The van der Waals surface area contributed by atoms with Gasteiger partial charge in [-0.25, -0.2) is 0 Å². The molecule has 0 spiro atoms. The normalized spacial score (nSPS) is 18.1. The van der Waals surface area contributed by atoms with Crippen LogP contribution in [0.25, 0.3) is 5.57 Å². The lowest BCUT2D eigenvalue weighted by Gasteiger charge is -2.17. The van der Waals surface area contributed by atoms with Gasteiger partial charge in [0.2, 0.25) is 0 Å². The molecule has 0 aliphatic carbocycles. The molecule has 4 rings (SSSR count). The number of benzene rings is 2. The Balaban J connectivity index is 1.67. The zero-order valence-corrected chi connectivity index (χ0v) is 18.8. The van der Waals surface area contributed by atoms with Crippen molar-refractivity contribution in [2.24, 2.45) is 0 Å². The van der Waals surface area contributed by atoms with Crippen LogP contribution in [0.2, 0.25) is 0 Å². The highest BCUT2D eigenvalue weighted by atomic mass is 32.2. The second-order valence-electron chi connectivity index (χ2n) is 7.30. The molecule has 0 bridgehead atoms. The first-order valence-electron chi connectivity index (χ1n) is 10.0. The van der Waals surface area contributed by atoms with E-state index in [0.717, 1.165) is 40.9 Å². The molecule has 31 heavy (non-hydrogen) atoms. The maximum Gasteiger partial charge on any atom is 0.286 e. The number of amides is 3. The maximum atomic E-state index is 13.3. The topological polar surface area (TPSA) is 69.7 Å². The average Bonchev–Trinajstić information content (AvgIpc) is 3.19. The SMILES string of the molecule is CCCCN1C(=O)/C(=C2\SC(=S)N(NC(=O)c3ccccc3C)C2=O)c2ccccc21. The fourth-order valence-corrected chi connectivity index (χ4v) is 4.89. The number of anilines is 1. The summed E-state index contributed by atoms with van der Waals surface area (Å²) in [6, 6.07) is 14.5. The molecule has 2 aromatic carbocycles. The largest absolute Gasteiger partial charge is 0.308 e. The van der Waals surface area contributed by atoms with E-state index in [-0.39, 0.29) is 15.1 Å². The van der Waals surface area contributed by atoms with Gasteiger partial charge in [0.05, 0.1) is 16.2 Å². The quantitative estimate of drug-likeness (QED) is 0.549. The number of hydrogen-bond acceptors (Lipinski definition) is 5. The summed E-state index contributed by atoms with van der Waals surface area (Å²) in [7, 11) is 0. The number of nitrogens with one attached hydrogen (secondary N) is 1. The predicted molar refractivity (Wildman–Crippen MR) is 126 cm³/mol. The molecule has 2 aliphatic rings.